The third-order valence-electron chi connectivity index (χ3n) is 6.36. The number of para-hydroxylation sites is 1. The van der Waals surface area contributed by atoms with E-state index in [0.29, 0.717) is 17.7 Å². The van der Waals surface area contributed by atoms with Crippen molar-refractivity contribution < 1.29 is 9.53 Å². The lowest BCUT2D eigenvalue weighted by molar-refractivity contribution is 0.0972. The van der Waals surface area contributed by atoms with E-state index in [-0.39, 0.29) is 12.1 Å². The quantitative estimate of drug-likeness (QED) is 0.693. The highest BCUT2D eigenvalue weighted by Crippen LogP contribution is 2.43. The number of nitrogens with one attached hydrogen (secondary N) is 2. The van der Waals surface area contributed by atoms with Crippen molar-refractivity contribution in [3.05, 3.63) is 65.9 Å². The van der Waals surface area contributed by atoms with Gasteiger partial charge in [-0.25, -0.2) is 4.79 Å². The smallest absolute Gasteiger partial charge is 0.410 e. The van der Waals surface area contributed by atoms with Gasteiger partial charge in [-0.15, -0.1) is 0 Å². The SMILES string of the molecule is CCCN1CC(NC(=O)Oc2ccccc2)C[C@@H]2c3cccc4[nH]cc(c34)C[C@H]21. The van der Waals surface area contributed by atoms with Gasteiger partial charge in [-0.3, -0.25) is 4.90 Å². The molecule has 3 atom stereocenters. The van der Waals surface area contributed by atoms with Gasteiger partial charge in [-0.2, -0.15) is 0 Å². The van der Waals surface area contributed by atoms with Crippen LogP contribution < -0.4 is 10.1 Å². The van der Waals surface area contributed by atoms with Gasteiger partial charge >= 0.3 is 6.09 Å². The molecule has 2 aliphatic rings. The largest absolute Gasteiger partial charge is 0.412 e. The Kier molecular flexibility index (Phi) is 4.76. The molecule has 0 saturated carbocycles. The summed E-state index contributed by atoms with van der Waals surface area (Å²) in [5.41, 5.74) is 4.06. The summed E-state index contributed by atoms with van der Waals surface area (Å²) in [4.78, 5) is 18.5. The second-order valence-electron chi connectivity index (χ2n) is 8.24. The molecule has 29 heavy (non-hydrogen) atoms. The first kappa shape index (κ1) is 18.3. The average Bonchev–Trinajstić information content (AvgIpc) is 3.14. The van der Waals surface area contributed by atoms with Crippen molar-refractivity contribution in [2.45, 2.75) is 44.2 Å². The number of likely N-dealkylation sites (tertiary alicyclic amines) is 1. The molecule has 1 aliphatic heterocycles. The molecule has 150 valence electrons. The molecule has 0 radical (unpaired) electrons. The standard InChI is InChI=1S/C24H27N3O2/c1-2-11-27-15-17(26-24(28)29-18-7-4-3-5-8-18)13-20-19-9-6-10-21-23(19)16(14-25-21)12-22(20)27/h3-10,14,17,20,22,25H,2,11-13,15H2,1H3,(H,26,28)/t17?,20-,22-/m1/s1. The van der Waals surface area contributed by atoms with Gasteiger partial charge in [0.2, 0.25) is 0 Å². The Bertz CT molecular complexity index is 1010. The summed E-state index contributed by atoms with van der Waals surface area (Å²) < 4.78 is 5.48. The zero-order chi connectivity index (χ0) is 19.8. The first-order valence-corrected chi connectivity index (χ1v) is 10.6. The summed E-state index contributed by atoms with van der Waals surface area (Å²) in [6.45, 7) is 4.14. The van der Waals surface area contributed by atoms with Gasteiger partial charge in [0.25, 0.3) is 0 Å². The highest BCUT2D eigenvalue weighted by molar-refractivity contribution is 5.88. The van der Waals surface area contributed by atoms with Gasteiger partial charge in [0.1, 0.15) is 5.75 Å². The number of H-pyrrole nitrogens is 1. The maximum atomic E-state index is 12.5. The monoisotopic (exact) mass is 389 g/mol. The molecule has 1 saturated heterocycles. The molecule has 5 heteroatoms. The second kappa shape index (κ2) is 7.56. The topological polar surface area (TPSA) is 57.4 Å². The van der Waals surface area contributed by atoms with Crippen LogP contribution in [0.1, 0.15) is 36.8 Å². The average molecular weight is 389 g/mol. The van der Waals surface area contributed by atoms with Crippen molar-refractivity contribution in [3.8, 4) is 5.75 Å². The van der Waals surface area contributed by atoms with E-state index in [9.17, 15) is 4.79 Å². The molecule has 1 aliphatic carbocycles. The summed E-state index contributed by atoms with van der Waals surface area (Å²) in [6, 6.07) is 16.4. The van der Waals surface area contributed by atoms with Crippen molar-refractivity contribution in [2.75, 3.05) is 13.1 Å². The number of aromatic nitrogens is 1. The van der Waals surface area contributed by atoms with Gasteiger partial charge < -0.3 is 15.0 Å². The maximum absolute atomic E-state index is 12.5. The first-order chi connectivity index (χ1) is 14.2. The van der Waals surface area contributed by atoms with Crippen LogP contribution >= 0.6 is 0 Å². The number of rotatable bonds is 4. The molecule has 1 aromatic heterocycles. The number of amides is 1. The highest BCUT2D eigenvalue weighted by Gasteiger charge is 2.41. The fourth-order valence-electron chi connectivity index (χ4n) is 5.24. The number of hydrogen-bond acceptors (Lipinski definition) is 3. The maximum Gasteiger partial charge on any atom is 0.412 e. The van der Waals surface area contributed by atoms with E-state index in [1.54, 1.807) is 12.1 Å². The Balaban J connectivity index is 1.39. The number of carbonyl (C=O) groups excluding carboxylic acids is 1. The first-order valence-electron chi connectivity index (χ1n) is 10.6. The Morgan fingerprint density at radius 1 is 1.21 bits per heavy atom. The number of benzene rings is 2. The lowest BCUT2D eigenvalue weighted by Crippen LogP contribution is -2.56. The highest BCUT2D eigenvalue weighted by atomic mass is 16.6. The number of fused-ring (bicyclic) bond motifs is 2. The van der Waals surface area contributed by atoms with E-state index < -0.39 is 0 Å². The summed E-state index contributed by atoms with van der Waals surface area (Å²) in [6.07, 6.45) is 4.93. The van der Waals surface area contributed by atoms with Gasteiger partial charge in [0.05, 0.1) is 0 Å². The molecular formula is C24H27N3O2. The molecule has 5 nitrogen and oxygen atoms in total. The predicted molar refractivity (Wildman–Crippen MR) is 114 cm³/mol. The molecule has 0 spiro atoms. The zero-order valence-corrected chi connectivity index (χ0v) is 16.7. The molecule has 3 aromatic rings. The number of piperidine rings is 1. The Labute approximate surface area is 171 Å². The van der Waals surface area contributed by atoms with Crippen LogP contribution in [0, 0.1) is 0 Å². The van der Waals surface area contributed by atoms with Crippen LogP contribution in [-0.2, 0) is 6.42 Å². The fraction of sp³-hybridized carbons (Fsp3) is 0.375. The number of carbonyl (C=O) groups is 1. The van der Waals surface area contributed by atoms with E-state index in [2.05, 4.69) is 46.5 Å². The third-order valence-corrected chi connectivity index (χ3v) is 6.36. The van der Waals surface area contributed by atoms with Crippen LogP contribution in [0.5, 0.6) is 5.75 Å². The number of hydrogen-bond donors (Lipinski definition) is 2. The van der Waals surface area contributed by atoms with E-state index in [1.165, 1.54) is 22.0 Å². The minimum Gasteiger partial charge on any atom is -0.410 e. The van der Waals surface area contributed by atoms with E-state index in [4.69, 9.17) is 4.74 Å². The minimum atomic E-state index is -0.368. The van der Waals surface area contributed by atoms with Gasteiger partial charge in [-0.05, 0) is 55.1 Å². The van der Waals surface area contributed by atoms with Gasteiger partial charge in [0.15, 0.2) is 0 Å². The normalized spacial score (nSPS) is 23.6. The number of nitrogens with zero attached hydrogens (tertiary/aromatic N) is 1. The van der Waals surface area contributed by atoms with Crippen molar-refractivity contribution in [2.24, 2.45) is 0 Å². The van der Waals surface area contributed by atoms with Crippen molar-refractivity contribution in [1.29, 1.82) is 0 Å². The summed E-state index contributed by atoms with van der Waals surface area (Å²) in [5, 5.41) is 4.51. The van der Waals surface area contributed by atoms with E-state index in [1.807, 2.05) is 18.2 Å². The van der Waals surface area contributed by atoms with Crippen molar-refractivity contribution in [1.82, 2.24) is 15.2 Å². The summed E-state index contributed by atoms with van der Waals surface area (Å²) >= 11 is 0. The molecule has 1 unspecified atom stereocenters. The molecular weight excluding hydrogens is 362 g/mol. The molecule has 2 heterocycles. The molecule has 0 bridgehead atoms. The zero-order valence-electron chi connectivity index (χ0n) is 16.7. The predicted octanol–water partition coefficient (Wildman–Crippen LogP) is 4.45. The van der Waals surface area contributed by atoms with E-state index in [0.717, 1.165) is 32.4 Å². The van der Waals surface area contributed by atoms with Crippen LogP contribution in [-0.4, -0.2) is 41.2 Å². The Morgan fingerprint density at radius 2 is 2.07 bits per heavy atom. The lowest BCUT2D eigenvalue weighted by atomic mass is 9.74. The minimum absolute atomic E-state index is 0.0785. The van der Waals surface area contributed by atoms with Crippen LogP contribution in [0.3, 0.4) is 0 Å². The fourth-order valence-corrected chi connectivity index (χ4v) is 5.24. The van der Waals surface area contributed by atoms with Crippen molar-refractivity contribution in [3.63, 3.8) is 0 Å². The second-order valence-corrected chi connectivity index (χ2v) is 8.24. The van der Waals surface area contributed by atoms with Gasteiger partial charge in [0, 0.05) is 41.6 Å². The van der Waals surface area contributed by atoms with Gasteiger partial charge in [-0.1, -0.05) is 37.3 Å². The van der Waals surface area contributed by atoms with Crippen LogP contribution in [0.4, 0.5) is 4.79 Å². The van der Waals surface area contributed by atoms with Crippen LogP contribution in [0.15, 0.2) is 54.7 Å². The third kappa shape index (κ3) is 3.40. The lowest BCUT2D eigenvalue weighted by Gasteiger charge is -2.47. The Morgan fingerprint density at radius 3 is 2.90 bits per heavy atom. The van der Waals surface area contributed by atoms with Crippen molar-refractivity contribution >= 4 is 17.0 Å². The molecule has 5 rings (SSSR count). The number of aromatic amines is 1. The summed E-state index contributed by atoms with van der Waals surface area (Å²) in [5.74, 6) is 0.993. The van der Waals surface area contributed by atoms with Crippen LogP contribution in [0.2, 0.25) is 0 Å². The molecule has 1 amide bonds. The Hall–Kier alpha value is -2.79. The number of ether oxygens (including phenoxy) is 1. The summed E-state index contributed by atoms with van der Waals surface area (Å²) in [7, 11) is 0. The molecule has 2 N–H and O–H groups in total. The molecule has 2 aromatic carbocycles. The van der Waals surface area contributed by atoms with Crippen LogP contribution in [0.25, 0.3) is 10.9 Å². The van der Waals surface area contributed by atoms with E-state index >= 15 is 0 Å². The molecule has 1 fully saturated rings.